The number of carbonyl (C=O) groups is 2. The monoisotopic (exact) mass is 263 g/mol. The smallest absolute Gasteiger partial charge is 0.320 e. The van der Waals surface area contributed by atoms with Gasteiger partial charge in [0.2, 0.25) is 5.91 Å². The summed E-state index contributed by atoms with van der Waals surface area (Å²) in [5.74, 6) is -0.986. The van der Waals surface area contributed by atoms with E-state index in [1.165, 1.54) is 0 Å². The summed E-state index contributed by atoms with van der Waals surface area (Å²) >= 11 is 0. The zero-order valence-electron chi connectivity index (χ0n) is 10.7. The van der Waals surface area contributed by atoms with Gasteiger partial charge in [-0.25, -0.2) is 0 Å². The number of rotatable bonds is 5. The van der Waals surface area contributed by atoms with Crippen molar-refractivity contribution in [1.29, 1.82) is 0 Å². The number of hydrogen-bond donors (Lipinski definition) is 3. The standard InChI is InChI=1S/C13H17N3O3/c1-16(5-4-10(14)13(18)19)9-2-3-11-8(6-9)7-12(17)15-11/h2-3,6,10H,4-5,7,14H2,1H3,(H,15,17)(H,18,19). The van der Waals surface area contributed by atoms with Gasteiger partial charge in [0.25, 0.3) is 0 Å². The quantitative estimate of drug-likeness (QED) is 0.715. The maximum Gasteiger partial charge on any atom is 0.320 e. The van der Waals surface area contributed by atoms with Crippen molar-refractivity contribution in [3.8, 4) is 0 Å². The van der Waals surface area contributed by atoms with Crippen molar-refractivity contribution in [3.05, 3.63) is 23.8 Å². The molecule has 4 N–H and O–H groups in total. The Bertz CT molecular complexity index is 516. The highest BCUT2D eigenvalue weighted by Crippen LogP contribution is 2.27. The number of carbonyl (C=O) groups excluding carboxylic acids is 1. The fourth-order valence-corrected chi connectivity index (χ4v) is 2.04. The number of carboxylic acids is 1. The summed E-state index contributed by atoms with van der Waals surface area (Å²) in [5, 5.41) is 11.5. The highest BCUT2D eigenvalue weighted by Gasteiger charge is 2.18. The van der Waals surface area contributed by atoms with Crippen molar-refractivity contribution >= 4 is 23.3 Å². The van der Waals surface area contributed by atoms with E-state index in [9.17, 15) is 9.59 Å². The van der Waals surface area contributed by atoms with E-state index >= 15 is 0 Å². The first-order valence-electron chi connectivity index (χ1n) is 6.09. The van der Waals surface area contributed by atoms with Gasteiger partial charge in [-0.2, -0.15) is 0 Å². The molecule has 1 aliphatic heterocycles. The number of nitrogens with zero attached hydrogens (tertiary/aromatic N) is 1. The average Bonchev–Trinajstić information content (AvgIpc) is 2.74. The minimum absolute atomic E-state index is 0.00250. The van der Waals surface area contributed by atoms with Crippen LogP contribution in [0, 0.1) is 0 Å². The molecular formula is C13H17N3O3. The molecule has 19 heavy (non-hydrogen) atoms. The van der Waals surface area contributed by atoms with Gasteiger partial charge in [-0.15, -0.1) is 0 Å². The minimum atomic E-state index is -0.989. The Balaban J connectivity index is 2.00. The molecule has 0 spiro atoms. The molecule has 1 unspecified atom stereocenters. The Morgan fingerprint density at radius 3 is 3.00 bits per heavy atom. The molecule has 0 aromatic heterocycles. The van der Waals surface area contributed by atoms with Crippen molar-refractivity contribution in [3.63, 3.8) is 0 Å². The largest absolute Gasteiger partial charge is 0.480 e. The summed E-state index contributed by atoms with van der Waals surface area (Å²) < 4.78 is 0. The van der Waals surface area contributed by atoms with Crippen molar-refractivity contribution in [2.45, 2.75) is 18.9 Å². The molecule has 1 heterocycles. The van der Waals surface area contributed by atoms with E-state index in [0.717, 1.165) is 16.9 Å². The molecule has 0 radical (unpaired) electrons. The van der Waals surface area contributed by atoms with E-state index in [2.05, 4.69) is 5.32 Å². The summed E-state index contributed by atoms with van der Waals surface area (Å²) in [6, 6.07) is 4.86. The number of fused-ring (bicyclic) bond motifs is 1. The first-order valence-corrected chi connectivity index (χ1v) is 6.09. The Hall–Kier alpha value is -2.08. The van der Waals surface area contributed by atoms with Gasteiger partial charge in [0.15, 0.2) is 0 Å². The number of carboxylic acid groups (broad SMARTS) is 1. The molecule has 6 heteroatoms. The van der Waals surface area contributed by atoms with Crippen molar-refractivity contribution in [1.82, 2.24) is 0 Å². The number of amides is 1. The molecule has 0 bridgehead atoms. The van der Waals surface area contributed by atoms with Crippen LogP contribution in [-0.4, -0.2) is 36.6 Å². The van der Waals surface area contributed by atoms with Crippen molar-refractivity contribution in [2.75, 3.05) is 23.8 Å². The molecule has 1 amide bonds. The molecule has 6 nitrogen and oxygen atoms in total. The topological polar surface area (TPSA) is 95.7 Å². The second-order valence-electron chi connectivity index (χ2n) is 4.72. The van der Waals surface area contributed by atoms with Crippen molar-refractivity contribution in [2.24, 2.45) is 5.73 Å². The number of aliphatic carboxylic acids is 1. The van der Waals surface area contributed by atoms with E-state index in [0.29, 0.717) is 19.4 Å². The normalized spacial score (nSPS) is 14.7. The maximum absolute atomic E-state index is 11.3. The van der Waals surface area contributed by atoms with Crippen LogP contribution in [0.5, 0.6) is 0 Å². The summed E-state index contributed by atoms with van der Waals surface area (Å²) in [7, 11) is 1.88. The fourth-order valence-electron chi connectivity index (χ4n) is 2.04. The van der Waals surface area contributed by atoms with Crippen molar-refractivity contribution < 1.29 is 14.7 Å². The number of anilines is 2. The zero-order valence-corrected chi connectivity index (χ0v) is 10.7. The molecular weight excluding hydrogens is 246 g/mol. The van der Waals surface area contributed by atoms with E-state index in [1.54, 1.807) is 0 Å². The van der Waals surface area contributed by atoms with E-state index in [4.69, 9.17) is 10.8 Å². The fraction of sp³-hybridized carbons (Fsp3) is 0.385. The van der Waals surface area contributed by atoms with Gasteiger partial charge in [0.1, 0.15) is 6.04 Å². The van der Waals surface area contributed by atoms with Gasteiger partial charge < -0.3 is 21.1 Å². The minimum Gasteiger partial charge on any atom is -0.480 e. The van der Waals surface area contributed by atoms with Gasteiger partial charge >= 0.3 is 5.97 Å². The second kappa shape index (κ2) is 5.27. The van der Waals surface area contributed by atoms with Crippen LogP contribution in [-0.2, 0) is 16.0 Å². The molecule has 102 valence electrons. The van der Waals surface area contributed by atoms with Crippen LogP contribution in [0.4, 0.5) is 11.4 Å². The van der Waals surface area contributed by atoms with E-state index < -0.39 is 12.0 Å². The molecule has 1 atom stereocenters. The van der Waals surface area contributed by atoms with E-state index in [1.807, 2.05) is 30.1 Å². The van der Waals surface area contributed by atoms with E-state index in [-0.39, 0.29) is 5.91 Å². The highest BCUT2D eigenvalue weighted by molar-refractivity contribution is 5.99. The third kappa shape index (κ3) is 3.03. The van der Waals surface area contributed by atoms with Gasteiger partial charge in [0, 0.05) is 25.0 Å². The van der Waals surface area contributed by atoms with Gasteiger partial charge in [0.05, 0.1) is 6.42 Å². The third-order valence-corrected chi connectivity index (χ3v) is 3.25. The number of hydrogen-bond acceptors (Lipinski definition) is 4. The Kier molecular flexibility index (Phi) is 3.71. The third-order valence-electron chi connectivity index (χ3n) is 3.25. The summed E-state index contributed by atoms with van der Waals surface area (Å²) in [4.78, 5) is 23.8. The SMILES string of the molecule is CN(CCC(N)C(=O)O)c1ccc2c(c1)CC(=O)N2. The van der Waals surface area contributed by atoms with Crippen LogP contribution >= 0.6 is 0 Å². The molecule has 0 saturated carbocycles. The average molecular weight is 263 g/mol. The molecule has 0 aliphatic carbocycles. The maximum atomic E-state index is 11.3. The predicted molar refractivity (Wildman–Crippen MR) is 72.3 cm³/mol. The van der Waals surface area contributed by atoms with Crippen LogP contribution in [0.3, 0.4) is 0 Å². The first-order chi connectivity index (χ1) is 8.97. The number of benzene rings is 1. The van der Waals surface area contributed by atoms with Gasteiger partial charge in [-0.1, -0.05) is 0 Å². The van der Waals surface area contributed by atoms with Crippen LogP contribution < -0.4 is 16.0 Å². The Morgan fingerprint density at radius 2 is 2.32 bits per heavy atom. The molecule has 2 rings (SSSR count). The molecule has 1 aromatic rings. The van der Waals surface area contributed by atoms with Crippen LogP contribution in [0.2, 0.25) is 0 Å². The van der Waals surface area contributed by atoms with Crippen LogP contribution in [0.25, 0.3) is 0 Å². The first kappa shape index (κ1) is 13.4. The Morgan fingerprint density at radius 1 is 1.58 bits per heavy atom. The second-order valence-corrected chi connectivity index (χ2v) is 4.72. The lowest BCUT2D eigenvalue weighted by Crippen LogP contribution is -2.34. The number of nitrogens with two attached hydrogens (primary N) is 1. The zero-order chi connectivity index (χ0) is 14.0. The van der Waals surface area contributed by atoms with Crippen LogP contribution in [0.1, 0.15) is 12.0 Å². The predicted octanol–water partition coefficient (Wildman–Crippen LogP) is 0.419. The lowest BCUT2D eigenvalue weighted by molar-refractivity contribution is -0.138. The van der Waals surface area contributed by atoms with Gasteiger partial charge in [-0.3, -0.25) is 9.59 Å². The lowest BCUT2D eigenvalue weighted by atomic mass is 10.1. The van der Waals surface area contributed by atoms with Gasteiger partial charge in [-0.05, 0) is 30.2 Å². The summed E-state index contributed by atoms with van der Waals surface area (Å²) in [6.45, 7) is 0.549. The number of nitrogens with one attached hydrogen (secondary N) is 1. The summed E-state index contributed by atoms with van der Waals surface area (Å²) in [6.07, 6.45) is 0.770. The summed E-state index contributed by atoms with van der Waals surface area (Å²) in [5.41, 5.74) is 8.24. The molecule has 1 aliphatic rings. The van der Waals surface area contributed by atoms with Crippen LogP contribution in [0.15, 0.2) is 18.2 Å². The Labute approximate surface area is 111 Å². The molecule has 1 aromatic carbocycles. The molecule has 0 saturated heterocycles. The lowest BCUT2D eigenvalue weighted by Gasteiger charge is -2.21. The molecule has 0 fully saturated rings. The highest BCUT2D eigenvalue weighted by atomic mass is 16.4.